The van der Waals surface area contributed by atoms with Gasteiger partial charge in [-0.1, -0.05) is 12.1 Å². The number of aromatic nitrogens is 2. The minimum atomic E-state index is -0.431. The standard InChI is InChI=1S/C15H12N4O2S/c20-13(18-19-15(21)11-5-3-9-16-11)7-8-14-17-10-4-1-2-6-12(10)22-14/h1-9,16H,(H,18,20)(H,19,21). The van der Waals surface area contributed by atoms with E-state index < -0.39 is 11.8 Å². The SMILES string of the molecule is O=C(C=Cc1nc2ccccc2s1)NNC(=O)c1ccc[nH]1. The lowest BCUT2D eigenvalue weighted by Crippen LogP contribution is -2.40. The van der Waals surface area contributed by atoms with E-state index in [4.69, 9.17) is 0 Å². The molecule has 0 radical (unpaired) electrons. The summed E-state index contributed by atoms with van der Waals surface area (Å²) in [7, 11) is 0. The van der Waals surface area contributed by atoms with E-state index >= 15 is 0 Å². The molecule has 22 heavy (non-hydrogen) atoms. The lowest BCUT2D eigenvalue weighted by atomic mass is 10.3. The molecule has 0 aliphatic carbocycles. The van der Waals surface area contributed by atoms with Gasteiger partial charge in [-0.3, -0.25) is 20.4 Å². The van der Waals surface area contributed by atoms with Crippen LogP contribution in [0.15, 0.2) is 48.7 Å². The van der Waals surface area contributed by atoms with Gasteiger partial charge in [-0.2, -0.15) is 0 Å². The maximum absolute atomic E-state index is 11.7. The molecule has 3 rings (SSSR count). The van der Waals surface area contributed by atoms with Gasteiger partial charge < -0.3 is 4.98 Å². The summed E-state index contributed by atoms with van der Waals surface area (Å²) in [6.07, 6.45) is 4.57. The molecule has 0 aliphatic rings. The minimum Gasteiger partial charge on any atom is -0.357 e. The first-order chi connectivity index (χ1) is 10.7. The second-order valence-corrected chi connectivity index (χ2v) is 5.44. The van der Waals surface area contributed by atoms with Crippen LogP contribution in [0.1, 0.15) is 15.5 Å². The number of aromatic amines is 1. The highest BCUT2D eigenvalue weighted by atomic mass is 32.1. The molecule has 0 saturated heterocycles. The quantitative estimate of drug-likeness (QED) is 0.511. The number of H-pyrrole nitrogens is 1. The van der Waals surface area contributed by atoms with Crippen LogP contribution in [0.25, 0.3) is 16.3 Å². The summed E-state index contributed by atoms with van der Waals surface area (Å²) in [5, 5.41) is 0.729. The van der Waals surface area contributed by atoms with Gasteiger partial charge in [0.2, 0.25) is 0 Å². The Morgan fingerprint density at radius 3 is 2.77 bits per heavy atom. The van der Waals surface area contributed by atoms with Crippen LogP contribution in [-0.4, -0.2) is 21.8 Å². The van der Waals surface area contributed by atoms with Crippen LogP contribution in [0.3, 0.4) is 0 Å². The van der Waals surface area contributed by atoms with Crippen LogP contribution < -0.4 is 10.9 Å². The number of nitrogens with zero attached hydrogens (tertiary/aromatic N) is 1. The maximum atomic E-state index is 11.7. The summed E-state index contributed by atoms with van der Waals surface area (Å²) in [6.45, 7) is 0. The molecule has 0 spiro atoms. The third-order valence-corrected chi connectivity index (χ3v) is 3.83. The van der Waals surface area contributed by atoms with E-state index in [0.717, 1.165) is 15.2 Å². The predicted octanol–water partition coefficient (Wildman–Crippen LogP) is 2.10. The van der Waals surface area contributed by atoms with E-state index in [1.165, 1.54) is 17.4 Å². The minimum absolute atomic E-state index is 0.371. The first-order valence-electron chi connectivity index (χ1n) is 6.50. The molecular weight excluding hydrogens is 300 g/mol. The number of hydrazine groups is 1. The van der Waals surface area contributed by atoms with Crippen molar-refractivity contribution in [3.63, 3.8) is 0 Å². The molecule has 2 heterocycles. The number of rotatable bonds is 3. The molecule has 0 fully saturated rings. The van der Waals surface area contributed by atoms with E-state index in [1.807, 2.05) is 24.3 Å². The molecule has 3 N–H and O–H groups in total. The third-order valence-electron chi connectivity index (χ3n) is 2.83. The lowest BCUT2D eigenvalue weighted by molar-refractivity contribution is -0.117. The number of nitrogens with one attached hydrogen (secondary N) is 3. The summed E-state index contributed by atoms with van der Waals surface area (Å²) in [4.78, 5) is 30.4. The molecule has 0 bridgehead atoms. The average Bonchev–Trinajstić information content (AvgIpc) is 3.19. The fraction of sp³-hybridized carbons (Fsp3) is 0. The molecule has 1 aromatic carbocycles. The topological polar surface area (TPSA) is 86.9 Å². The van der Waals surface area contributed by atoms with Gasteiger partial charge in [-0.25, -0.2) is 4.98 Å². The van der Waals surface area contributed by atoms with Crippen molar-refractivity contribution in [3.8, 4) is 0 Å². The van der Waals surface area contributed by atoms with Crippen LogP contribution in [0.2, 0.25) is 0 Å². The first-order valence-corrected chi connectivity index (χ1v) is 7.31. The largest absolute Gasteiger partial charge is 0.357 e. The molecule has 0 aliphatic heterocycles. The van der Waals surface area contributed by atoms with Gasteiger partial charge >= 0.3 is 0 Å². The normalized spacial score (nSPS) is 10.9. The molecular formula is C15H12N4O2S. The Balaban J connectivity index is 1.58. The number of fused-ring (bicyclic) bond motifs is 1. The Kier molecular flexibility index (Phi) is 3.97. The van der Waals surface area contributed by atoms with Crippen LogP contribution in [-0.2, 0) is 4.79 Å². The molecule has 0 atom stereocenters. The summed E-state index contributed by atoms with van der Waals surface area (Å²) < 4.78 is 1.06. The van der Waals surface area contributed by atoms with Crippen molar-refractivity contribution in [1.82, 2.24) is 20.8 Å². The Morgan fingerprint density at radius 1 is 1.14 bits per heavy atom. The third kappa shape index (κ3) is 3.21. The Morgan fingerprint density at radius 2 is 2.00 bits per heavy atom. The monoisotopic (exact) mass is 312 g/mol. The Hall–Kier alpha value is -2.93. The number of amides is 2. The number of thiazole rings is 1. The molecule has 6 nitrogen and oxygen atoms in total. The van der Waals surface area contributed by atoms with Crippen LogP contribution >= 0.6 is 11.3 Å². The lowest BCUT2D eigenvalue weighted by Gasteiger charge is -2.02. The smallest absolute Gasteiger partial charge is 0.286 e. The zero-order chi connectivity index (χ0) is 15.4. The van der Waals surface area contributed by atoms with Gasteiger partial charge in [-0.05, 0) is 30.3 Å². The zero-order valence-corrected chi connectivity index (χ0v) is 12.2. The maximum Gasteiger partial charge on any atom is 0.286 e. The van der Waals surface area contributed by atoms with Crippen molar-refractivity contribution in [2.75, 3.05) is 0 Å². The van der Waals surface area contributed by atoms with E-state index in [1.54, 1.807) is 24.4 Å². The average molecular weight is 312 g/mol. The second kappa shape index (κ2) is 6.23. The van der Waals surface area contributed by atoms with Crippen LogP contribution in [0.5, 0.6) is 0 Å². The van der Waals surface area contributed by atoms with E-state index in [2.05, 4.69) is 20.8 Å². The number of benzene rings is 1. The highest BCUT2D eigenvalue weighted by Crippen LogP contribution is 2.22. The summed E-state index contributed by atoms with van der Waals surface area (Å²) >= 11 is 1.49. The van der Waals surface area contributed by atoms with Crippen molar-refractivity contribution < 1.29 is 9.59 Å². The highest BCUT2D eigenvalue weighted by molar-refractivity contribution is 7.19. The van der Waals surface area contributed by atoms with Gasteiger partial charge in [0.05, 0.1) is 10.2 Å². The Labute approximate surface area is 129 Å². The van der Waals surface area contributed by atoms with Crippen LogP contribution in [0.4, 0.5) is 0 Å². The van der Waals surface area contributed by atoms with Gasteiger partial charge in [0.15, 0.2) is 0 Å². The number of hydrogen-bond acceptors (Lipinski definition) is 4. The van der Waals surface area contributed by atoms with E-state index in [9.17, 15) is 9.59 Å². The van der Waals surface area contributed by atoms with Gasteiger partial charge in [0, 0.05) is 12.3 Å². The van der Waals surface area contributed by atoms with Gasteiger partial charge in [0.25, 0.3) is 11.8 Å². The van der Waals surface area contributed by atoms with Crippen molar-refractivity contribution in [3.05, 3.63) is 59.4 Å². The number of hydrogen-bond donors (Lipinski definition) is 3. The second-order valence-electron chi connectivity index (χ2n) is 4.38. The van der Waals surface area contributed by atoms with Crippen molar-refractivity contribution >= 4 is 39.4 Å². The van der Waals surface area contributed by atoms with E-state index in [0.29, 0.717) is 5.69 Å². The molecule has 2 aromatic heterocycles. The van der Waals surface area contributed by atoms with Gasteiger partial charge in [0.1, 0.15) is 10.7 Å². The van der Waals surface area contributed by atoms with Crippen LogP contribution in [0, 0.1) is 0 Å². The fourth-order valence-corrected chi connectivity index (χ4v) is 2.68. The van der Waals surface area contributed by atoms with Crippen molar-refractivity contribution in [2.45, 2.75) is 0 Å². The first kappa shape index (κ1) is 14.0. The van der Waals surface area contributed by atoms with Crippen molar-refractivity contribution in [1.29, 1.82) is 0 Å². The molecule has 7 heteroatoms. The highest BCUT2D eigenvalue weighted by Gasteiger charge is 2.06. The van der Waals surface area contributed by atoms with Crippen molar-refractivity contribution in [2.24, 2.45) is 0 Å². The predicted molar refractivity (Wildman–Crippen MR) is 85.1 cm³/mol. The molecule has 3 aromatic rings. The molecule has 110 valence electrons. The Bertz CT molecular complexity index is 803. The zero-order valence-electron chi connectivity index (χ0n) is 11.4. The number of carbonyl (C=O) groups excluding carboxylic acids is 2. The number of carbonyl (C=O) groups is 2. The summed E-state index contributed by atoms with van der Waals surface area (Å²) in [5.74, 6) is -0.842. The number of para-hydroxylation sites is 1. The molecule has 2 amide bonds. The molecule has 0 unspecified atom stereocenters. The van der Waals surface area contributed by atoms with E-state index in [-0.39, 0.29) is 0 Å². The molecule has 0 saturated carbocycles. The van der Waals surface area contributed by atoms with Gasteiger partial charge in [-0.15, -0.1) is 11.3 Å². The summed E-state index contributed by atoms with van der Waals surface area (Å²) in [5.41, 5.74) is 5.88. The summed E-state index contributed by atoms with van der Waals surface area (Å²) in [6, 6.07) is 11.1. The fourth-order valence-electron chi connectivity index (χ4n) is 1.81.